The third-order valence-electron chi connectivity index (χ3n) is 6.32. The lowest BCUT2D eigenvalue weighted by molar-refractivity contribution is -0.135. The molecule has 2 fully saturated rings. The summed E-state index contributed by atoms with van der Waals surface area (Å²) in [6.45, 7) is 2.64. The molecule has 5 rings (SSSR count). The Labute approximate surface area is 168 Å². The smallest absolute Gasteiger partial charge is 0.253 e. The quantitative estimate of drug-likeness (QED) is 0.742. The summed E-state index contributed by atoms with van der Waals surface area (Å²) in [7, 11) is 0. The summed E-state index contributed by atoms with van der Waals surface area (Å²) in [6.07, 6.45) is 2.43. The van der Waals surface area contributed by atoms with E-state index in [0.717, 1.165) is 37.9 Å². The van der Waals surface area contributed by atoms with E-state index in [9.17, 15) is 9.59 Å². The fourth-order valence-electron chi connectivity index (χ4n) is 4.60. The van der Waals surface area contributed by atoms with E-state index in [1.54, 1.807) is 18.2 Å². The van der Waals surface area contributed by atoms with Gasteiger partial charge in [-0.3, -0.25) is 9.59 Å². The molecule has 2 saturated heterocycles. The molecular weight excluding hydrogens is 366 g/mol. The molecule has 1 atom stereocenters. The average Bonchev–Trinajstić information content (AvgIpc) is 3.47. The minimum Gasteiger partial charge on any atom is -0.342 e. The van der Waals surface area contributed by atoms with Crippen LogP contribution in [0, 0.1) is 5.41 Å². The van der Waals surface area contributed by atoms with Crippen molar-refractivity contribution >= 4 is 22.8 Å². The monoisotopic (exact) mass is 389 g/mol. The van der Waals surface area contributed by atoms with E-state index in [0.29, 0.717) is 24.2 Å². The van der Waals surface area contributed by atoms with Crippen molar-refractivity contribution in [2.75, 3.05) is 26.2 Å². The molecule has 2 amide bonds. The Bertz CT molecular complexity index is 1060. The fraction of sp³-hybridized carbons (Fsp3) is 0.364. The van der Waals surface area contributed by atoms with E-state index >= 15 is 0 Å². The first-order valence-corrected chi connectivity index (χ1v) is 10.1. The Balaban J connectivity index is 1.25. The lowest BCUT2D eigenvalue weighted by Gasteiger charge is -2.24. The molecule has 2 aromatic carbocycles. The number of fused-ring (bicyclic) bond motifs is 1. The molecule has 1 unspecified atom stereocenters. The summed E-state index contributed by atoms with van der Waals surface area (Å²) in [5.41, 5.74) is 2.83. The van der Waals surface area contributed by atoms with Gasteiger partial charge in [0.1, 0.15) is 11.0 Å². The second-order valence-electron chi connectivity index (χ2n) is 8.06. The Morgan fingerprint density at radius 2 is 1.83 bits per heavy atom. The first-order valence-electron chi connectivity index (χ1n) is 10.1. The molecular formula is C22H23N5O2. The van der Waals surface area contributed by atoms with Crippen LogP contribution < -0.4 is 0 Å². The standard InChI is InChI=1S/C22H23N5O2/c28-20(17-6-7-18-19(14-17)24-25-23-18)27-13-10-22(15-27)9-12-26(21(22)29)11-8-16-4-2-1-3-5-16/h1-7,14H,8-13,15H2,(H,23,24,25). The highest BCUT2D eigenvalue weighted by molar-refractivity contribution is 5.98. The van der Waals surface area contributed by atoms with Gasteiger partial charge in [-0.15, -0.1) is 0 Å². The number of likely N-dealkylation sites (tertiary alicyclic amines) is 2. The Kier molecular flexibility index (Phi) is 4.30. The summed E-state index contributed by atoms with van der Waals surface area (Å²) in [5.74, 6) is 0.165. The molecule has 1 spiro atoms. The minimum absolute atomic E-state index is 0.0395. The molecule has 0 aliphatic carbocycles. The van der Waals surface area contributed by atoms with Crippen LogP contribution in [-0.4, -0.2) is 63.2 Å². The van der Waals surface area contributed by atoms with Crippen molar-refractivity contribution in [1.29, 1.82) is 0 Å². The molecule has 2 aliphatic heterocycles. The summed E-state index contributed by atoms with van der Waals surface area (Å²) < 4.78 is 0. The largest absolute Gasteiger partial charge is 0.342 e. The van der Waals surface area contributed by atoms with Gasteiger partial charge in [-0.2, -0.15) is 15.4 Å². The predicted octanol–water partition coefficient (Wildman–Crippen LogP) is 2.27. The van der Waals surface area contributed by atoms with Crippen molar-refractivity contribution in [3.8, 4) is 0 Å². The first kappa shape index (κ1) is 17.8. The number of rotatable bonds is 4. The predicted molar refractivity (Wildman–Crippen MR) is 108 cm³/mol. The number of aromatic nitrogens is 3. The molecule has 148 valence electrons. The fourth-order valence-corrected chi connectivity index (χ4v) is 4.60. The van der Waals surface area contributed by atoms with Gasteiger partial charge in [0.25, 0.3) is 5.91 Å². The molecule has 3 heterocycles. The number of nitrogens with zero attached hydrogens (tertiary/aromatic N) is 4. The zero-order chi connectivity index (χ0) is 19.8. The van der Waals surface area contributed by atoms with Crippen molar-refractivity contribution in [2.24, 2.45) is 5.41 Å². The molecule has 7 heteroatoms. The Morgan fingerprint density at radius 3 is 2.69 bits per heavy atom. The summed E-state index contributed by atoms with van der Waals surface area (Å²) in [5, 5.41) is 10.7. The van der Waals surface area contributed by atoms with Crippen LogP contribution in [0.15, 0.2) is 48.5 Å². The summed E-state index contributed by atoms with van der Waals surface area (Å²) in [4.78, 5) is 29.9. The highest BCUT2D eigenvalue weighted by Gasteiger charge is 2.51. The van der Waals surface area contributed by atoms with Crippen LogP contribution in [0.1, 0.15) is 28.8 Å². The second-order valence-corrected chi connectivity index (χ2v) is 8.06. The molecule has 0 saturated carbocycles. The lowest BCUT2D eigenvalue weighted by atomic mass is 9.85. The van der Waals surface area contributed by atoms with E-state index in [1.807, 2.05) is 28.0 Å². The number of hydrogen-bond acceptors (Lipinski definition) is 4. The maximum atomic E-state index is 13.2. The number of aromatic amines is 1. The molecule has 29 heavy (non-hydrogen) atoms. The van der Waals surface area contributed by atoms with Gasteiger partial charge in [0, 0.05) is 31.7 Å². The van der Waals surface area contributed by atoms with Crippen LogP contribution in [0.25, 0.3) is 11.0 Å². The summed E-state index contributed by atoms with van der Waals surface area (Å²) >= 11 is 0. The molecule has 1 aromatic heterocycles. The van der Waals surface area contributed by atoms with Crippen molar-refractivity contribution in [2.45, 2.75) is 19.3 Å². The highest BCUT2D eigenvalue weighted by Crippen LogP contribution is 2.41. The van der Waals surface area contributed by atoms with Crippen LogP contribution in [0.2, 0.25) is 0 Å². The Morgan fingerprint density at radius 1 is 1.03 bits per heavy atom. The van der Waals surface area contributed by atoms with Gasteiger partial charge in [-0.25, -0.2) is 0 Å². The SMILES string of the molecule is O=C(c1ccc2n[nH]nc2c1)N1CCC2(CCN(CCc3ccccc3)C2=O)C1. The molecule has 0 bridgehead atoms. The van der Waals surface area contributed by atoms with Gasteiger partial charge in [0.2, 0.25) is 5.91 Å². The van der Waals surface area contributed by atoms with Crippen LogP contribution in [0.3, 0.4) is 0 Å². The Hall–Kier alpha value is -3.22. The van der Waals surface area contributed by atoms with Crippen molar-refractivity contribution < 1.29 is 9.59 Å². The van der Waals surface area contributed by atoms with E-state index in [1.165, 1.54) is 5.56 Å². The molecule has 2 aliphatic rings. The second kappa shape index (κ2) is 6.99. The van der Waals surface area contributed by atoms with Crippen molar-refractivity contribution in [3.05, 3.63) is 59.7 Å². The molecule has 7 nitrogen and oxygen atoms in total. The van der Waals surface area contributed by atoms with Crippen molar-refractivity contribution in [3.63, 3.8) is 0 Å². The zero-order valence-corrected chi connectivity index (χ0v) is 16.2. The normalized spacial score (nSPS) is 21.6. The van der Waals surface area contributed by atoms with Crippen LogP contribution >= 0.6 is 0 Å². The molecule has 0 radical (unpaired) electrons. The van der Waals surface area contributed by atoms with Crippen LogP contribution in [-0.2, 0) is 11.2 Å². The lowest BCUT2D eigenvalue weighted by Crippen LogP contribution is -2.39. The third-order valence-corrected chi connectivity index (χ3v) is 6.32. The van der Waals surface area contributed by atoms with Gasteiger partial charge in [0.15, 0.2) is 0 Å². The molecule has 1 N–H and O–H groups in total. The number of carbonyl (C=O) groups is 2. The van der Waals surface area contributed by atoms with Crippen LogP contribution in [0.5, 0.6) is 0 Å². The number of H-pyrrole nitrogens is 1. The number of hydrogen-bond donors (Lipinski definition) is 1. The van der Waals surface area contributed by atoms with Gasteiger partial charge >= 0.3 is 0 Å². The third kappa shape index (κ3) is 3.16. The zero-order valence-electron chi connectivity index (χ0n) is 16.2. The maximum absolute atomic E-state index is 13.2. The number of benzene rings is 2. The van der Waals surface area contributed by atoms with Crippen molar-refractivity contribution in [1.82, 2.24) is 25.2 Å². The van der Waals surface area contributed by atoms with E-state index in [4.69, 9.17) is 0 Å². The van der Waals surface area contributed by atoms with Gasteiger partial charge < -0.3 is 9.80 Å². The maximum Gasteiger partial charge on any atom is 0.253 e. The number of nitrogens with one attached hydrogen (secondary N) is 1. The van der Waals surface area contributed by atoms with Crippen LogP contribution in [0.4, 0.5) is 0 Å². The van der Waals surface area contributed by atoms with E-state index in [2.05, 4.69) is 27.5 Å². The number of carbonyl (C=O) groups excluding carboxylic acids is 2. The summed E-state index contributed by atoms with van der Waals surface area (Å²) in [6, 6.07) is 15.6. The topological polar surface area (TPSA) is 82.2 Å². The minimum atomic E-state index is -0.412. The van der Waals surface area contributed by atoms with E-state index < -0.39 is 5.41 Å². The average molecular weight is 389 g/mol. The van der Waals surface area contributed by atoms with Gasteiger partial charge in [0.05, 0.1) is 5.41 Å². The molecule has 3 aromatic rings. The number of amides is 2. The van der Waals surface area contributed by atoms with Gasteiger partial charge in [-0.05, 0) is 43.0 Å². The highest BCUT2D eigenvalue weighted by atomic mass is 16.2. The first-order chi connectivity index (χ1) is 14.1. The van der Waals surface area contributed by atoms with E-state index in [-0.39, 0.29) is 11.8 Å². The van der Waals surface area contributed by atoms with Gasteiger partial charge in [-0.1, -0.05) is 30.3 Å².